The van der Waals surface area contributed by atoms with Gasteiger partial charge in [-0.25, -0.2) is 9.78 Å². The summed E-state index contributed by atoms with van der Waals surface area (Å²) in [6.07, 6.45) is 0.929. The fourth-order valence-electron chi connectivity index (χ4n) is 2.50. The number of nitrogens with one attached hydrogen (secondary N) is 1. The minimum atomic E-state index is -1.31. The van der Waals surface area contributed by atoms with Gasteiger partial charge < -0.3 is 10.4 Å². The van der Waals surface area contributed by atoms with Gasteiger partial charge in [0.05, 0.1) is 12.1 Å². The van der Waals surface area contributed by atoms with Crippen LogP contribution in [0.4, 0.5) is 0 Å². The summed E-state index contributed by atoms with van der Waals surface area (Å²) >= 11 is 7.60. The molecule has 7 heteroatoms. The largest absolute Gasteiger partial charge is 0.480 e. The molecule has 0 unspecified atom stereocenters. The van der Waals surface area contributed by atoms with Crippen LogP contribution in [0.25, 0.3) is 10.6 Å². The van der Waals surface area contributed by atoms with Gasteiger partial charge in [0.2, 0.25) is 5.91 Å². The van der Waals surface area contributed by atoms with Crippen LogP contribution < -0.4 is 5.32 Å². The fraction of sp³-hybridized carbons (Fsp3) is 0.421. The van der Waals surface area contributed by atoms with Crippen LogP contribution in [0.2, 0.25) is 5.02 Å². The number of carboxylic acids is 1. The van der Waals surface area contributed by atoms with Gasteiger partial charge >= 0.3 is 5.97 Å². The van der Waals surface area contributed by atoms with Gasteiger partial charge in [-0.3, -0.25) is 4.79 Å². The molecule has 2 aromatic rings. The maximum atomic E-state index is 12.1. The van der Waals surface area contributed by atoms with Crippen molar-refractivity contribution in [2.24, 2.45) is 5.92 Å². The first-order valence-corrected chi connectivity index (χ1v) is 9.62. The number of hydrogen-bond donors (Lipinski definition) is 2. The number of amides is 1. The van der Waals surface area contributed by atoms with Crippen molar-refractivity contribution in [2.75, 3.05) is 0 Å². The first-order chi connectivity index (χ1) is 12.1. The monoisotopic (exact) mass is 394 g/mol. The molecule has 26 heavy (non-hydrogen) atoms. The summed E-state index contributed by atoms with van der Waals surface area (Å²) in [6.45, 7) is 7.19. The van der Waals surface area contributed by atoms with E-state index in [1.165, 1.54) is 25.2 Å². The van der Waals surface area contributed by atoms with Crippen LogP contribution in [0.5, 0.6) is 0 Å². The molecule has 0 saturated heterocycles. The van der Waals surface area contributed by atoms with Crippen molar-refractivity contribution in [3.63, 3.8) is 0 Å². The van der Waals surface area contributed by atoms with Gasteiger partial charge in [-0.1, -0.05) is 31.5 Å². The van der Waals surface area contributed by atoms with Crippen molar-refractivity contribution in [2.45, 2.75) is 46.1 Å². The number of halogens is 1. The molecule has 0 atom stereocenters. The van der Waals surface area contributed by atoms with Gasteiger partial charge in [0, 0.05) is 16.0 Å². The Morgan fingerprint density at radius 1 is 1.35 bits per heavy atom. The van der Waals surface area contributed by atoms with E-state index >= 15 is 0 Å². The Kier molecular flexibility index (Phi) is 6.42. The Morgan fingerprint density at radius 2 is 2.04 bits per heavy atom. The highest BCUT2D eigenvalue weighted by Crippen LogP contribution is 2.31. The third-order valence-corrected chi connectivity index (χ3v) is 4.97. The Morgan fingerprint density at radius 3 is 2.65 bits per heavy atom. The van der Waals surface area contributed by atoms with Crippen molar-refractivity contribution in [3.8, 4) is 10.6 Å². The zero-order chi connectivity index (χ0) is 19.5. The van der Waals surface area contributed by atoms with Crippen LogP contribution in [0.3, 0.4) is 0 Å². The number of carboxylic acid groups (broad SMARTS) is 1. The molecule has 0 aliphatic carbocycles. The van der Waals surface area contributed by atoms with Gasteiger partial charge in [-0.15, -0.1) is 11.3 Å². The highest BCUT2D eigenvalue weighted by Gasteiger charge is 2.29. The van der Waals surface area contributed by atoms with Crippen LogP contribution in [-0.2, 0) is 22.4 Å². The summed E-state index contributed by atoms with van der Waals surface area (Å²) in [5.41, 5.74) is 1.46. The predicted octanol–water partition coefficient (Wildman–Crippen LogP) is 4.18. The minimum absolute atomic E-state index is 0.0420. The number of aromatic nitrogens is 1. The van der Waals surface area contributed by atoms with E-state index in [-0.39, 0.29) is 12.3 Å². The molecular formula is C19H23ClN2O3S. The van der Waals surface area contributed by atoms with Crippen LogP contribution in [0.15, 0.2) is 23.6 Å². The summed E-state index contributed by atoms with van der Waals surface area (Å²) in [5.74, 6) is -0.965. The quantitative estimate of drug-likeness (QED) is 0.738. The molecule has 1 amide bonds. The van der Waals surface area contributed by atoms with Crippen LogP contribution >= 0.6 is 22.9 Å². The highest BCUT2D eigenvalue weighted by molar-refractivity contribution is 7.13. The molecule has 0 spiro atoms. The summed E-state index contributed by atoms with van der Waals surface area (Å²) in [7, 11) is 0. The molecule has 0 fully saturated rings. The molecule has 0 aliphatic heterocycles. The van der Waals surface area contributed by atoms with E-state index in [4.69, 9.17) is 16.7 Å². The van der Waals surface area contributed by atoms with E-state index in [9.17, 15) is 9.59 Å². The van der Waals surface area contributed by atoms with Crippen LogP contribution in [0, 0.1) is 5.92 Å². The lowest BCUT2D eigenvalue weighted by Crippen LogP contribution is -2.50. The number of carbonyl (C=O) groups excluding carboxylic acids is 1. The Balaban J connectivity index is 2.18. The Hall–Kier alpha value is -1.92. The number of nitrogens with zero attached hydrogens (tertiary/aromatic N) is 1. The molecule has 1 heterocycles. The third kappa shape index (κ3) is 5.29. The maximum absolute atomic E-state index is 12.1. The van der Waals surface area contributed by atoms with Gasteiger partial charge in [-0.05, 0) is 43.9 Å². The van der Waals surface area contributed by atoms with E-state index in [1.807, 2.05) is 23.6 Å². The van der Waals surface area contributed by atoms with Crippen molar-refractivity contribution in [1.29, 1.82) is 0 Å². The molecule has 0 radical (unpaired) electrons. The average molecular weight is 395 g/mol. The molecule has 0 aliphatic rings. The molecular weight excluding hydrogens is 372 g/mol. The fourth-order valence-corrected chi connectivity index (χ4v) is 3.58. The second-order valence-electron chi connectivity index (χ2n) is 7.20. The number of hydrogen-bond acceptors (Lipinski definition) is 4. The topological polar surface area (TPSA) is 79.3 Å². The smallest absolute Gasteiger partial charge is 0.328 e. The van der Waals surface area contributed by atoms with Crippen molar-refractivity contribution in [1.82, 2.24) is 10.3 Å². The first kappa shape index (κ1) is 20.4. The highest BCUT2D eigenvalue weighted by atomic mass is 35.5. The summed E-state index contributed by atoms with van der Waals surface area (Å²) in [6, 6.07) is 5.75. The zero-order valence-corrected chi connectivity index (χ0v) is 16.9. The van der Waals surface area contributed by atoms with Gasteiger partial charge in [0.25, 0.3) is 0 Å². The molecule has 0 bridgehead atoms. The third-order valence-electron chi connectivity index (χ3n) is 3.81. The number of benzene rings is 1. The molecule has 1 aromatic carbocycles. The van der Waals surface area contributed by atoms with Crippen LogP contribution in [0.1, 0.15) is 39.0 Å². The van der Waals surface area contributed by atoms with E-state index in [2.05, 4.69) is 24.1 Å². The molecule has 140 valence electrons. The first-order valence-electron chi connectivity index (χ1n) is 8.36. The van der Waals surface area contributed by atoms with Gasteiger partial charge in [-0.2, -0.15) is 0 Å². The summed E-state index contributed by atoms with van der Waals surface area (Å²) in [4.78, 5) is 27.8. The lowest BCUT2D eigenvalue weighted by Gasteiger charge is -2.20. The van der Waals surface area contributed by atoms with Crippen molar-refractivity contribution < 1.29 is 14.7 Å². The standard InChI is InChI=1S/C19H23ClN2O3S/c1-11(2)7-12-8-13(20)5-6-15(12)17-21-14(10-26-17)9-16(23)22-19(3,4)18(24)25/h5-6,8,10-11H,7,9H2,1-4H3,(H,22,23)(H,24,25). The van der Waals surface area contributed by atoms with Crippen molar-refractivity contribution >= 4 is 34.8 Å². The Labute approximate surface area is 162 Å². The molecule has 2 rings (SSSR count). The molecule has 1 aromatic heterocycles. The van der Waals surface area contributed by atoms with Gasteiger partial charge in [0.15, 0.2) is 0 Å². The molecule has 0 saturated carbocycles. The van der Waals surface area contributed by atoms with E-state index < -0.39 is 11.5 Å². The van der Waals surface area contributed by atoms with Crippen molar-refractivity contribution in [3.05, 3.63) is 39.9 Å². The number of thiazole rings is 1. The maximum Gasteiger partial charge on any atom is 0.328 e. The van der Waals surface area contributed by atoms with Crippen LogP contribution in [-0.4, -0.2) is 27.5 Å². The SMILES string of the molecule is CC(C)Cc1cc(Cl)ccc1-c1nc(CC(=O)NC(C)(C)C(=O)O)cs1. The van der Waals surface area contributed by atoms with E-state index in [1.54, 1.807) is 0 Å². The van der Waals surface area contributed by atoms with Gasteiger partial charge in [0.1, 0.15) is 10.5 Å². The second kappa shape index (κ2) is 8.18. The summed E-state index contributed by atoms with van der Waals surface area (Å²) in [5, 5.41) is 15.0. The predicted molar refractivity (Wildman–Crippen MR) is 105 cm³/mol. The normalized spacial score (nSPS) is 11.6. The lowest BCUT2D eigenvalue weighted by molar-refractivity contribution is -0.145. The molecule has 5 nitrogen and oxygen atoms in total. The number of aliphatic carboxylic acids is 1. The number of carbonyl (C=O) groups is 2. The van der Waals surface area contributed by atoms with E-state index in [0.717, 1.165) is 22.6 Å². The van der Waals surface area contributed by atoms with E-state index in [0.29, 0.717) is 16.6 Å². The Bertz CT molecular complexity index is 815. The molecule has 2 N–H and O–H groups in total. The summed E-state index contributed by atoms with van der Waals surface area (Å²) < 4.78 is 0. The zero-order valence-electron chi connectivity index (χ0n) is 15.3. The lowest BCUT2D eigenvalue weighted by atomic mass is 9.98. The number of rotatable bonds is 7. The average Bonchev–Trinajstić information content (AvgIpc) is 2.93. The second-order valence-corrected chi connectivity index (χ2v) is 8.49. The minimum Gasteiger partial charge on any atom is -0.480 e.